The highest BCUT2D eigenvalue weighted by molar-refractivity contribution is 5.97. The number of aliphatic hydroxyl groups is 1. The molecule has 0 unspecified atom stereocenters. The topological polar surface area (TPSA) is 113 Å². The molecule has 1 saturated carbocycles. The Morgan fingerprint density at radius 1 is 1.27 bits per heavy atom. The summed E-state index contributed by atoms with van der Waals surface area (Å²) in [6.45, 7) is 3.98. The third-order valence-corrected chi connectivity index (χ3v) is 4.14. The molecule has 0 saturated heterocycles. The van der Waals surface area contributed by atoms with Crippen LogP contribution < -0.4 is 10.6 Å². The van der Waals surface area contributed by atoms with Gasteiger partial charge < -0.3 is 15.7 Å². The van der Waals surface area contributed by atoms with Crippen LogP contribution in [0.15, 0.2) is 24.9 Å². The Balaban J connectivity index is 1.84. The van der Waals surface area contributed by atoms with Crippen molar-refractivity contribution >= 4 is 17.4 Å². The van der Waals surface area contributed by atoms with Crippen molar-refractivity contribution in [1.82, 2.24) is 25.3 Å². The first-order chi connectivity index (χ1) is 12.6. The lowest BCUT2D eigenvalue weighted by molar-refractivity contribution is 0.0903. The smallest absolute Gasteiger partial charge is 0.274 e. The van der Waals surface area contributed by atoms with E-state index in [-0.39, 0.29) is 24.2 Å². The highest BCUT2D eigenvalue weighted by atomic mass is 16.3. The first-order valence-electron chi connectivity index (χ1n) is 8.87. The lowest BCUT2D eigenvalue weighted by Crippen LogP contribution is -2.39. The molecule has 8 nitrogen and oxygen atoms in total. The zero-order valence-corrected chi connectivity index (χ0v) is 15.0. The van der Waals surface area contributed by atoms with Crippen molar-refractivity contribution in [2.75, 3.05) is 11.9 Å². The van der Waals surface area contributed by atoms with Gasteiger partial charge in [-0.25, -0.2) is 19.9 Å². The van der Waals surface area contributed by atoms with E-state index in [9.17, 15) is 9.90 Å². The van der Waals surface area contributed by atoms with Crippen molar-refractivity contribution < 1.29 is 9.90 Å². The van der Waals surface area contributed by atoms with Gasteiger partial charge in [-0.3, -0.25) is 4.79 Å². The van der Waals surface area contributed by atoms with Crippen molar-refractivity contribution in [3.8, 4) is 0 Å². The third kappa shape index (κ3) is 4.72. The van der Waals surface area contributed by atoms with Crippen molar-refractivity contribution in [1.29, 1.82) is 0 Å². The van der Waals surface area contributed by atoms with Crippen LogP contribution >= 0.6 is 0 Å². The quantitative estimate of drug-likeness (QED) is 0.663. The molecule has 1 atom stereocenters. The van der Waals surface area contributed by atoms with Crippen LogP contribution in [0.2, 0.25) is 0 Å². The average molecular weight is 356 g/mol. The van der Waals surface area contributed by atoms with Crippen LogP contribution in [0, 0.1) is 5.92 Å². The SMILES string of the molecule is CC(C)C[C@H](CO)NC(=O)c1nc(C2CC2)cnc1Nc1cncnc1. The van der Waals surface area contributed by atoms with Gasteiger partial charge in [0.15, 0.2) is 11.5 Å². The summed E-state index contributed by atoms with van der Waals surface area (Å²) >= 11 is 0. The fourth-order valence-corrected chi connectivity index (χ4v) is 2.73. The second-order valence-corrected chi connectivity index (χ2v) is 7.00. The number of amides is 1. The Morgan fingerprint density at radius 3 is 2.62 bits per heavy atom. The number of anilines is 2. The number of carbonyl (C=O) groups excluding carboxylic acids is 1. The molecule has 0 bridgehead atoms. The van der Waals surface area contributed by atoms with E-state index in [1.165, 1.54) is 6.33 Å². The van der Waals surface area contributed by atoms with E-state index in [1.807, 2.05) is 13.8 Å². The van der Waals surface area contributed by atoms with Crippen molar-refractivity contribution in [3.05, 3.63) is 36.3 Å². The third-order valence-electron chi connectivity index (χ3n) is 4.14. The molecule has 2 aromatic rings. The minimum Gasteiger partial charge on any atom is -0.394 e. The summed E-state index contributed by atoms with van der Waals surface area (Å²) in [6, 6.07) is -0.318. The van der Waals surface area contributed by atoms with Crippen LogP contribution in [0.5, 0.6) is 0 Å². The molecule has 8 heteroatoms. The predicted octanol–water partition coefficient (Wildman–Crippen LogP) is 2.02. The van der Waals surface area contributed by atoms with E-state index in [0.29, 0.717) is 29.8 Å². The fraction of sp³-hybridized carbons (Fsp3) is 0.500. The van der Waals surface area contributed by atoms with Gasteiger partial charge in [-0.1, -0.05) is 13.8 Å². The predicted molar refractivity (Wildman–Crippen MR) is 97.1 cm³/mol. The summed E-state index contributed by atoms with van der Waals surface area (Å²) in [4.78, 5) is 29.6. The number of nitrogens with zero attached hydrogens (tertiary/aromatic N) is 4. The number of carbonyl (C=O) groups is 1. The van der Waals surface area contributed by atoms with Crippen LogP contribution in [0.25, 0.3) is 0 Å². The lowest BCUT2D eigenvalue weighted by Gasteiger charge is -2.19. The molecule has 0 aliphatic heterocycles. The summed E-state index contributed by atoms with van der Waals surface area (Å²) in [5.41, 5.74) is 1.67. The number of rotatable bonds is 8. The summed E-state index contributed by atoms with van der Waals surface area (Å²) in [7, 11) is 0. The number of nitrogens with one attached hydrogen (secondary N) is 2. The molecule has 3 rings (SSSR count). The average Bonchev–Trinajstić information content (AvgIpc) is 3.47. The summed E-state index contributed by atoms with van der Waals surface area (Å²) < 4.78 is 0. The fourth-order valence-electron chi connectivity index (χ4n) is 2.73. The van der Waals surface area contributed by atoms with Crippen LogP contribution in [0.3, 0.4) is 0 Å². The van der Waals surface area contributed by atoms with Gasteiger partial charge in [-0.05, 0) is 25.2 Å². The minimum atomic E-state index is -0.348. The van der Waals surface area contributed by atoms with Gasteiger partial charge in [0.2, 0.25) is 0 Å². The molecule has 1 amide bonds. The molecular formula is C18H24N6O2. The number of hydrogen-bond donors (Lipinski definition) is 3. The van der Waals surface area contributed by atoms with E-state index in [2.05, 4.69) is 30.6 Å². The Bertz CT molecular complexity index is 749. The van der Waals surface area contributed by atoms with Gasteiger partial charge >= 0.3 is 0 Å². The lowest BCUT2D eigenvalue weighted by atomic mass is 10.0. The van der Waals surface area contributed by atoms with E-state index in [1.54, 1.807) is 18.6 Å². The number of aromatic nitrogens is 4. The van der Waals surface area contributed by atoms with Crippen LogP contribution in [-0.4, -0.2) is 43.6 Å². The number of aliphatic hydroxyl groups excluding tert-OH is 1. The Kier molecular flexibility index (Phi) is 5.72. The molecule has 1 aliphatic carbocycles. The molecule has 3 N–H and O–H groups in total. The van der Waals surface area contributed by atoms with Gasteiger partial charge in [-0.15, -0.1) is 0 Å². The minimum absolute atomic E-state index is 0.116. The van der Waals surface area contributed by atoms with Gasteiger partial charge in [0.1, 0.15) is 6.33 Å². The Morgan fingerprint density at radius 2 is 2.00 bits per heavy atom. The maximum Gasteiger partial charge on any atom is 0.274 e. The van der Waals surface area contributed by atoms with E-state index in [4.69, 9.17) is 0 Å². The Hall–Kier alpha value is -2.61. The highest BCUT2D eigenvalue weighted by Crippen LogP contribution is 2.39. The van der Waals surface area contributed by atoms with Gasteiger partial charge in [0.05, 0.1) is 42.6 Å². The van der Waals surface area contributed by atoms with Crippen LogP contribution in [0.1, 0.15) is 55.2 Å². The zero-order chi connectivity index (χ0) is 18.5. The molecule has 26 heavy (non-hydrogen) atoms. The largest absolute Gasteiger partial charge is 0.394 e. The summed E-state index contributed by atoms with van der Waals surface area (Å²) in [6.07, 6.45) is 9.16. The molecule has 2 heterocycles. The molecule has 0 spiro atoms. The van der Waals surface area contributed by atoms with Crippen LogP contribution in [0.4, 0.5) is 11.5 Å². The Labute approximate surface area is 152 Å². The van der Waals surface area contributed by atoms with E-state index >= 15 is 0 Å². The van der Waals surface area contributed by atoms with E-state index in [0.717, 1.165) is 18.5 Å². The van der Waals surface area contributed by atoms with Crippen LogP contribution in [-0.2, 0) is 0 Å². The highest BCUT2D eigenvalue weighted by Gasteiger charge is 2.28. The normalized spacial score (nSPS) is 14.9. The molecule has 1 aliphatic rings. The van der Waals surface area contributed by atoms with Crippen molar-refractivity contribution in [3.63, 3.8) is 0 Å². The van der Waals surface area contributed by atoms with Gasteiger partial charge in [0.25, 0.3) is 5.91 Å². The summed E-state index contributed by atoms with van der Waals surface area (Å²) in [5.74, 6) is 0.741. The molecular weight excluding hydrogens is 332 g/mol. The summed E-state index contributed by atoms with van der Waals surface area (Å²) in [5, 5.41) is 15.5. The van der Waals surface area contributed by atoms with Crippen molar-refractivity contribution in [2.24, 2.45) is 5.92 Å². The molecule has 1 fully saturated rings. The maximum absolute atomic E-state index is 12.8. The molecule has 0 aromatic carbocycles. The first kappa shape index (κ1) is 18.2. The maximum atomic E-state index is 12.8. The van der Waals surface area contributed by atoms with Gasteiger partial charge in [0, 0.05) is 5.92 Å². The standard InChI is InChI=1S/C18H24N6O2/c1-11(2)5-13(9-25)23-18(26)16-17(22-14-6-19-10-20-7-14)21-8-15(24-16)12-3-4-12/h6-8,10-13,25H,3-5,9H2,1-2H3,(H,21,22)(H,23,26)/t13-/m1/s1. The number of hydrogen-bond acceptors (Lipinski definition) is 7. The molecule has 2 aromatic heterocycles. The molecule has 138 valence electrons. The van der Waals surface area contributed by atoms with Gasteiger partial charge in [-0.2, -0.15) is 0 Å². The van der Waals surface area contributed by atoms with E-state index < -0.39 is 0 Å². The monoisotopic (exact) mass is 356 g/mol. The second-order valence-electron chi connectivity index (χ2n) is 7.00. The van der Waals surface area contributed by atoms with Crippen molar-refractivity contribution in [2.45, 2.75) is 45.1 Å². The second kappa shape index (κ2) is 8.18. The first-order valence-corrected chi connectivity index (χ1v) is 8.87. The zero-order valence-electron chi connectivity index (χ0n) is 15.0. The molecule has 0 radical (unpaired) electrons.